The summed E-state index contributed by atoms with van der Waals surface area (Å²) in [5, 5.41) is 4.75. The lowest BCUT2D eigenvalue weighted by atomic mass is 9.99. The van der Waals surface area contributed by atoms with Gasteiger partial charge in [0.2, 0.25) is 0 Å². The Labute approximate surface area is 213 Å². The first-order valence-corrected chi connectivity index (χ1v) is 12.9. The van der Waals surface area contributed by atoms with E-state index in [-0.39, 0.29) is 5.92 Å². The zero-order valence-corrected chi connectivity index (χ0v) is 21.9. The van der Waals surface area contributed by atoms with Crippen molar-refractivity contribution in [3.63, 3.8) is 0 Å². The summed E-state index contributed by atoms with van der Waals surface area (Å²) in [4.78, 5) is 17.4. The molecule has 2 aromatic heterocycles. The molecule has 0 saturated carbocycles. The van der Waals surface area contributed by atoms with Crippen molar-refractivity contribution in [2.75, 3.05) is 49.5 Å². The van der Waals surface area contributed by atoms with Crippen molar-refractivity contribution in [3.05, 3.63) is 65.6 Å². The number of H-pyrrole nitrogens is 1. The van der Waals surface area contributed by atoms with Gasteiger partial charge in [-0.3, -0.25) is 9.89 Å². The summed E-state index contributed by atoms with van der Waals surface area (Å²) >= 11 is 0. The number of aromatic amines is 1. The Hall–Kier alpha value is -3.19. The van der Waals surface area contributed by atoms with Gasteiger partial charge in [0.1, 0.15) is 11.5 Å². The van der Waals surface area contributed by atoms with Crippen LogP contribution < -0.4 is 10.2 Å². The smallest absolute Gasteiger partial charge is 0.128 e. The first-order chi connectivity index (χ1) is 17.2. The van der Waals surface area contributed by atoms with Crippen LogP contribution >= 0.6 is 0 Å². The topological polar surface area (TPSA) is 59.6 Å². The lowest BCUT2D eigenvalue weighted by Gasteiger charge is -2.37. The van der Waals surface area contributed by atoms with E-state index in [2.05, 4.69) is 64.8 Å². The van der Waals surface area contributed by atoms with E-state index in [1.54, 1.807) is 13.8 Å². The first kappa shape index (κ1) is 24.5. The van der Waals surface area contributed by atoms with Gasteiger partial charge in [0.25, 0.3) is 0 Å². The Morgan fingerprint density at radius 2 is 1.97 bits per heavy atom. The second-order valence-electron chi connectivity index (χ2n) is 10.9. The quantitative estimate of drug-likeness (QED) is 0.462. The van der Waals surface area contributed by atoms with Gasteiger partial charge in [-0.05, 0) is 57.9 Å². The van der Waals surface area contributed by atoms with Gasteiger partial charge >= 0.3 is 0 Å². The van der Waals surface area contributed by atoms with Crippen LogP contribution in [-0.2, 0) is 0 Å². The fraction of sp³-hybridized carbons (Fsp3) is 0.448. The molecule has 7 heteroatoms. The summed E-state index contributed by atoms with van der Waals surface area (Å²) in [7, 11) is 0. The van der Waals surface area contributed by atoms with E-state index < -0.39 is 5.67 Å². The summed E-state index contributed by atoms with van der Waals surface area (Å²) in [6.07, 6.45) is 4.82. The van der Waals surface area contributed by atoms with E-state index in [0.29, 0.717) is 6.54 Å². The molecule has 5 rings (SSSR count). The normalized spacial score (nSPS) is 19.1. The van der Waals surface area contributed by atoms with Crippen molar-refractivity contribution in [2.45, 2.75) is 39.8 Å². The molecular weight excluding hydrogens is 451 g/mol. The summed E-state index contributed by atoms with van der Waals surface area (Å²) in [5.41, 5.74) is 6.73. The molecule has 2 aliphatic rings. The number of aromatic nitrogens is 2. The Bertz CT molecular complexity index is 1280. The fourth-order valence-corrected chi connectivity index (χ4v) is 5.41. The maximum Gasteiger partial charge on any atom is 0.128 e. The van der Waals surface area contributed by atoms with Crippen molar-refractivity contribution >= 4 is 28.1 Å². The maximum atomic E-state index is 14.0. The molecule has 2 N–H and O–H groups in total. The van der Waals surface area contributed by atoms with Crippen LogP contribution in [0.5, 0.6) is 0 Å². The van der Waals surface area contributed by atoms with E-state index >= 15 is 0 Å². The lowest BCUT2D eigenvalue weighted by Crippen LogP contribution is -2.49. The molecule has 0 amide bonds. The Kier molecular flexibility index (Phi) is 6.60. The van der Waals surface area contributed by atoms with Crippen LogP contribution in [0.3, 0.4) is 0 Å². The molecule has 2 aliphatic heterocycles. The second kappa shape index (κ2) is 9.69. The van der Waals surface area contributed by atoms with E-state index in [0.717, 1.165) is 73.1 Å². The van der Waals surface area contributed by atoms with Crippen molar-refractivity contribution in [3.8, 4) is 0 Å². The third-order valence-electron chi connectivity index (χ3n) is 7.24. The van der Waals surface area contributed by atoms with Crippen LogP contribution in [0.4, 0.5) is 15.9 Å². The molecule has 1 aromatic carbocycles. The van der Waals surface area contributed by atoms with Gasteiger partial charge in [0.05, 0.1) is 11.2 Å². The monoisotopic (exact) mass is 488 g/mol. The van der Waals surface area contributed by atoms with Gasteiger partial charge in [-0.25, -0.2) is 9.37 Å². The number of anilines is 2. The van der Waals surface area contributed by atoms with E-state index in [9.17, 15) is 4.39 Å². The average molecular weight is 489 g/mol. The number of aryl methyl sites for hydroxylation is 2. The van der Waals surface area contributed by atoms with Crippen molar-refractivity contribution < 1.29 is 4.39 Å². The van der Waals surface area contributed by atoms with Gasteiger partial charge < -0.3 is 15.2 Å². The number of hydrogen-bond acceptors (Lipinski definition) is 5. The molecule has 1 fully saturated rings. The zero-order chi connectivity index (χ0) is 25.4. The number of piperazine rings is 1. The predicted molar refractivity (Wildman–Crippen MR) is 148 cm³/mol. The molecule has 1 saturated heterocycles. The number of pyridine rings is 1. The number of nitrogens with zero attached hydrogens (tertiary/aromatic N) is 4. The minimum Gasteiger partial charge on any atom is -0.359 e. The van der Waals surface area contributed by atoms with Crippen LogP contribution in [0.1, 0.15) is 37.0 Å². The third kappa shape index (κ3) is 5.31. The summed E-state index contributed by atoms with van der Waals surface area (Å²) in [5.74, 6) is 1.23. The molecule has 0 spiro atoms. The Balaban J connectivity index is 1.17. The molecule has 4 heterocycles. The molecule has 1 unspecified atom stereocenters. The van der Waals surface area contributed by atoms with E-state index in [1.807, 2.05) is 12.4 Å². The Morgan fingerprint density at radius 3 is 2.67 bits per heavy atom. The summed E-state index contributed by atoms with van der Waals surface area (Å²) in [6, 6.07) is 8.62. The molecule has 0 radical (unpaired) electrons. The number of rotatable bonds is 7. The minimum absolute atomic E-state index is 0.253. The van der Waals surface area contributed by atoms with Crippen molar-refractivity contribution in [1.82, 2.24) is 14.9 Å². The van der Waals surface area contributed by atoms with Gasteiger partial charge in [0, 0.05) is 79.9 Å². The molecule has 190 valence electrons. The predicted octanol–water partition coefficient (Wildman–Crippen LogP) is 5.48. The summed E-state index contributed by atoms with van der Waals surface area (Å²) < 4.78 is 14.0. The molecule has 3 aromatic rings. The highest BCUT2D eigenvalue weighted by atomic mass is 19.1. The van der Waals surface area contributed by atoms with E-state index in [1.165, 1.54) is 16.5 Å². The number of fused-ring (bicyclic) bond motifs is 1. The zero-order valence-electron chi connectivity index (χ0n) is 21.9. The molecule has 0 bridgehead atoms. The van der Waals surface area contributed by atoms with Crippen LogP contribution in [0, 0.1) is 19.8 Å². The number of nitrogens with one attached hydrogen (secondary N) is 2. The van der Waals surface area contributed by atoms with Crippen molar-refractivity contribution in [2.24, 2.45) is 10.9 Å². The van der Waals surface area contributed by atoms with Gasteiger partial charge in [-0.1, -0.05) is 18.2 Å². The van der Waals surface area contributed by atoms with Crippen LogP contribution in [0.15, 0.2) is 53.9 Å². The summed E-state index contributed by atoms with van der Waals surface area (Å²) in [6.45, 7) is 16.6. The molecule has 36 heavy (non-hydrogen) atoms. The van der Waals surface area contributed by atoms with E-state index in [4.69, 9.17) is 9.98 Å². The number of aliphatic imine (C=N–C) groups is 1. The Morgan fingerprint density at radius 1 is 1.19 bits per heavy atom. The molecular formula is C29H37FN6. The highest BCUT2D eigenvalue weighted by Crippen LogP contribution is 2.31. The number of hydrogen-bond donors (Lipinski definition) is 2. The number of alkyl halides is 1. The fourth-order valence-electron chi connectivity index (χ4n) is 5.41. The largest absolute Gasteiger partial charge is 0.359 e. The third-order valence-corrected chi connectivity index (χ3v) is 7.24. The first-order valence-electron chi connectivity index (χ1n) is 12.9. The van der Waals surface area contributed by atoms with Gasteiger partial charge in [-0.15, -0.1) is 0 Å². The lowest BCUT2D eigenvalue weighted by molar-refractivity contribution is 0.121. The van der Waals surface area contributed by atoms with Crippen LogP contribution in [-0.4, -0.2) is 65.5 Å². The minimum atomic E-state index is -1.16. The SMILES string of the molecule is C=C(Nc1c[nH]c2c(C)cc(C)cc12)C1CN=C(c2ccc(N3CCN(CC(C)(C)F)CC3)nc2)C1. The average Bonchev–Trinajstić information content (AvgIpc) is 3.47. The van der Waals surface area contributed by atoms with Crippen LogP contribution in [0.2, 0.25) is 0 Å². The highest BCUT2D eigenvalue weighted by Gasteiger charge is 2.26. The number of halogens is 1. The highest BCUT2D eigenvalue weighted by molar-refractivity contribution is 6.02. The second-order valence-corrected chi connectivity index (χ2v) is 10.9. The molecule has 6 nitrogen and oxygen atoms in total. The maximum absolute atomic E-state index is 14.0. The molecule has 1 atom stereocenters. The van der Waals surface area contributed by atoms with Crippen LogP contribution in [0.25, 0.3) is 10.9 Å². The number of benzene rings is 1. The standard InChI is InChI=1S/C29H37FN6/c1-19-12-20(2)28-24(13-19)26(17-33-28)34-21(3)23-14-25(31-16-23)22-6-7-27(32-15-22)36-10-8-35(9-11-36)18-29(4,5)30/h6-7,12-13,15,17,23,33-34H,3,8-11,14,16,18H2,1-2,4-5H3. The van der Waals surface area contributed by atoms with Gasteiger partial charge in [-0.2, -0.15) is 0 Å². The van der Waals surface area contributed by atoms with Crippen molar-refractivity contribution in [1.29, 1.82) is 0 Å². The molecule has 0 aliphatic carbocycles. The van der Waals surface area contributed by atoms with Gasteiger partial charge in [0.15, 0.2) is 0 Å².